The normalized spacial score (nSPS) is 11.6. The van der Waals surface area contributed by atoms with Crippen molar-refractivity contribution in [2.75, 3.05) is 19.8 Å². The molecule has 0 aliphatic rings. The Morgan fingerprint density at radius 1 is 1.05 bits per heavy atom. The standard InChI is InChI=1S/C14H16N2O3S/c1-16(2)20(17,18)14-10-11(15)8-9-13(14)19-12-6-4-3-5-7-12/h3-10H,15H2,1-2H3. The van der Waals surface area contributed by atoms with Crippen LogP contribution in [0.1, 0.15) is 0 Å². The number of nitrogen functional groups attached to an aromatic ring is 1. The average molecular weight is 292 g/mol. The molecule has 0 saturated heterocycles. The number of hydrogen-bond donors (Lipinski definition) is 1. The lowest BCUT2D eigenvalue weighted by molar-refractivity contribution is 0.461. The summed E-state index contributed by atoms with van der Waals surface area (Å²) in [4.78, 5) is 0.0475. The van der Waals surface area contributed by atoms with Gasteiger partial charge in [0, 0.05) is 19.8 Å². The van der Waals surface area contributed by atoms with Gasteiger partial charge in [-0.15, -0.1) is 0 Å². The Bertz CT molecular complexity index is 698. The number of para-hydroxylation sites is 1. The van der Waals surface area contributed by atoms with Gasteiger partial charge in [0.05, 0.1) is 0 Å². The first-order valence-corrected chi connectivity index (χ1v) is 7.40. The number of sulfonamides is 1. The van der Waals surface area contributed by atoms with E-state index in [9.17, 15) is 8.42 Å². The van der Waals surface area contributed by atoms with Gasteiger partial charge in [-0.2, -0.15) is 0 Å². The van der Waals surface area contributed by atoms with Gasteiger partial charge in [-0.1, -0.05) is 18.2 Å². The van der Waals surface area contributed by atoms with Crippen LogP contribution in [0.2, 0.25) is 0 Å². The number of nitrogens with two attached hydrogens (primary N) is 1. The van der Waals surface area contributed by atoms with Gasteiger partial charge in [-0.05, 0) is 30.3 Å². The van der Waals surface area contributed by atoms with Crippen molar-refractivity contribution >= 4 is 15.7 Å². The molecular formula is C14H16N2O3S. The van der Waals surface area contributed by atoms with Crippen molar-refractivity contribution in [3.8, 4) is 11.5 Å². The Hall–Kier alpha value is -2.05. The van der Waals surface area contributed by atoms with Crippen molar-refractivity contribution < 1.29 is 13.2 Å². The molecule has 0 radical (unpaired) electrons. The van der Waals surface area contributed by atoms with E-state index in [1.165, 1.54) is 20.2 Å². The van der Waals surface area contributed by atoms with Crippen molar-refractivity contribution in [1.29, 1.82) is 0 Å². The van der Waals surface area contributed by atoms with Crippen LogP contribution in [0.3, 0.4) is 0 Å². The summed E-state index contributed by atoms with van der Waals surface area (Å²) in [6.07, 6.45) is 0. The van der Waals surface area contributed by atoms with Crippen molar-refractivity contribution in [3.05, 3.63) is 48.5 Å². The van der Waals surface area contributed by atoms with Crippen LogP contribution >= 0.6 is 0 Å². The molecule has 0 aliphatic heterocycles. The smallest absolute Gasteiger partial charge is 0.246 e. The number of ether oxygens (including phenoxy) is 1. The van der Waals surface area contributed by atoms with E-state index in [0.29, 0.717) is 11.4 Å². The second-order valence-electron chi connectivity index (χ2n) is 4.41. The highest BCUT2D eigenvalue weighted by Crippen LogP contribution is 2.31. The fourth-order valence-electron chi connectivity index (χ4n) is 1.62. The second-order valence-corrected chi connectivity index (χ2v) is 6.53. The van der Waals surface area contributed by atoms with Crippen molar-refractivity contribution in [2.45, 2.75) is 4.90 Å². The van der Waals surface area contributed by atoms with Crippen LogP contribution in [-0.4, -0.2) is 26.8 Å². The summed E-state index contributed by atoms with van der Waals surface area (Å²) in [6.45, 7) is 0. The van der Waals surface area contributed by atoms with Crippen molar-refractivity contribution in [2.24, 2.45) is 0 Å². The molecule has 0 amide bonds. The first kappa shape index (κ1) is 14.4. The SMILES string of the molecule is CN(C)S(=O)(=O)c1cc(N)ccc1Oc1ccccc1. The first-order chi connectivity index (χ1) is 9.41. The van der Waals surface area contributed by atoms with Crippen LogP contribution in [0, 0.1) is 0 Å². The molecule has 0 aliphatic carbocycles. The van der Waals surface area contributed by atoms with Gasteiger partial charge in [-0.25, -0.2) is 12.7 Å². The largest absolute Gasteiger partial charge is 0.456 e. The molecule has 0 fully saturated rings. The van der Waals surface area contributed by atoms with Crippen molar-refractivity contribution in [3.63, 3.8) is 0 Å². The molecule has 106 valence electrons. The maximum Gasteiger partial charge on any atom is 0.246 e. The zero-order valence-electron chi connectivity index (χ0n) is 11.3. The summed E-state index contributed by atoms with van der Waals surface area (Å²) < 4.78 is 31.3. The minimum absolute atomic E-state index is 0.0475. The van der Waals surface area contributed by atoms with E-state index >= 15 is 0 Å². The maximum atomic E-state index is 12.3. The predicted octanol–water partition coefficient (Wildman–Crippen LogP) is 2.31. The molecule has 6 heteroatoms. The lowest BCUT2D eigenvalue weighted by atomic mass is 10.3. The average Bonchev–Trinajstić information content (AvgIpc) is 2.41. The number of benzene rings is 2. The summed E-state index contributed by atoms with van der Waals surface area (Å²) in [6, 6.07) is 13.5. The van der Waals surface area contributed by atoms with Gasteiger partial charge in [0.15, 0.2) is 0 Å². The molecule has 2 N–H and O–H groups in total. The Labute approximate surface area is 118 Å². The monoisotopic (exact) mass is 292 g/mol. The highest BCUT2D eigenvalue weighted by atomic mass is 32.2. The number of anilines is 1. The van der Waals surface area contributed by atoms with E-state index in [1.807, 2.05) is 18.2 Å². The van der Waals surface area contributed by atoms with Crippen LogP contribution in [-0.2, 0) is 10.0 Å². The summed E-state index contributed by atoms with van der Waals surface area (Å²) in [5.74, 6) is 0.812. The molecule has 5 nitrogen and oxygen atoms in total. The van der Waals surface area contributed by atoms with Crippen LogP contribution < -0.4 is 10.5 Å². The minimum atomic E-state index is -3.62. The first-order valence-electron chi connectivity index (χ1n) is 5.96. The Morgan fingerprint density at radius 2 is 1.70 bits per heavy atom. The molecule has 0 bridgehead atoms. The van der Waals surface area contributed by atoms with E-state index in [1.54, 1.807) is 24.3 Å². The molecule has 2 rings (SSSR count). The van der Waals surface area contributed by atoms with E-state index in [-0.39, 0.29) is 10.6 Å². The van der Waals surface area contributed by atoms with Gasteiger partial charge in [0.1, 0.15) is 16.4 Å². The molecule has 2 aromatic rings. The van der Waals surface area contributed by atoms with Gasteiger partial charge in [0.2, 0.25) is 10.0 Å². The van der Waals surface area contributed by atoms with Crippen LogP contribution in [0.25, 0.3) is 0 Å². The summed E-state index contributed by atoms with van der Waals surface area (Å²) in [7, 11) is -0.696. The zero-order chi connectivity index (χ0) is 14.8. The van der Waals surface area contributed by atoms with Gasteiger partial charge in [-0.3, -0.25) is 0 Å². The van der Waals surface area contributed by atoms with Crippen LogP contribution in [0.15, 0.2) is 53.4 Å². The van der Waals surface area contributed by atoms with Crippen molar-refractivity contribution in [1.82, 2.24) is 4.31 Å². The highest BCUT2D eigenvalue weighted by molar-refractivity contribution is 7.89. The highest BCUT2D eigenvalue weighted by Gasteiger charge is 2.23. The van der Waals surface area contributed by atoms with Gasteiger partial charge in [0.25, 0.3) is 0 Å². The predicted molar refractivity (Wildman–Crippen MR) is 78.2 cm³/mol. The van der Waals surface area contributed by atoms with Crippen LogP contribution in [0.5, 0.6) is 11.5 Å². The minimum Gasteiger partial charge on any atom is -0.456 e. The topological polar surface area (TPSA) is 72.6 Å². The van der Waals surface area contributed by atoms with Gasteiger partial charge >= 0.3 is 0 Å². The Morgan fingerprint density at radius 3 is 2.30 bits per heavy atom. The molecular weight excluding hydrogens is 276 g/mol. The zero-order valence-corrected chi connectivity index (χ0v) is 12.1. The maximum absolute atomic E-state index is 12.3. The third-order valence-corrected chi connectivity index (χ3v) is 4.53. The third kappa shape index (κ3) is 2.92. The molecule has 0 atom stereocenters. The van der Waals surface area contributed by atoms with Crippen LogP contribution in [0.4, 0.5) is 5.69 Å². The molecule has 0 heterocycles. The molecule has 0 unspecified atom stereocenters. The Balaban J connectivity index is 2.49. The second kappa shape index (κ2) is 5.52. The molecule has 0 aromatic heterocycles. The lowest BCUT2D eigenvalue weighted by Crippen LogP contribution is -2.22. The number of hydrogen-bond acceptors (Lipinski definition) is 4. The van der Waals surface area contributed by atoms with Gasteiger partial charge < -0.3 is 10.5 Å². The quantitative estimate of drug-likeness (QED) is 0.878. The summed E-state index contributed by atoms with van der Waals surface area (Å²) >= 11 is 0. The van der Waals surface area contributed by atoms with E-state index < -0.39 is 10.0 Å². The lowest BCUT2D eigenvalue weighted by Gasteiger charge is -2.16. The molecule has 0 saturated carbocycles. The number of rotatable bonds is 4. The fraction of sp³-hybridized carbons (Fsp3) is 0.143. The third-order valence-electron chi connectivity index (χ3n) is 2.70. The summed E-state index contributed by atoms with van der Waals surface area (Å²) in [5, 5.41) is 0. The number of nitrogens with zero attached hydrogens (tertiary/aromatic N) is 1. The molecule has 20 heavy (non-hydrogen) atoms. The molecule has 0 spiro atoms. The summed E-state index contributed by atoms with van der Waals surface area (Å²) in [5.41, 5.74) is 6.05. The van der Waals surface area contributed by atoms with E-state index in [4.69, 9.17) is 10.5 Å². The molecule has 2 aromatic carbocycles. The fourth-order valence-corrected chi connectivity index (χ4v) is 2.67. The van der Waals surface area contributed by atoms with E-state index in [2.05, 4.69) is 0 Å². The Kier molecular flexibility index (Phi) is 3.96. The van der Waals surface area contributed by atoms with E-state index in [0.717, 1.165) is 4.31 Å².